The molecule has 0 aliphatic rings. The Morgan fingerprint density at radius 1 is 1.07 bits per heavy atom. The Balaban J connectivity index is 1.84. The Hall–Kier alpha value is -3.55. The number of amides is 1. The molecule has 0 saturated carbocycles. The highest BCUT2D eigenvalue weighted by atomic mass is 19.4. The van der Waals surface area contributed by atoms with Crippen molar-refractivity contribution in [1.82, 2.24) is 4.98 Å². The fraction of sp³-hybridized carbons (Fsp3) is 0.100. The summed E-state index contributed by atoms with van der Waals surface area (Å²) in [7, 11) is 0. The van der Waals surface area contributed by atoms with Gasteiger partial charge in [-0.3, -0.25) is 4.79 Å². The standard InChI is InChI=1S/C20H16F3N3O2/c1-12-16(13-5-8-15(9-6-13)28-20(21,22)23)3-2-4-17(12)19(27)26-14-7-10-18(24)25-11-14/h2-11H,1H3,(H2,24,25)(H,26,27). The van der Waals surface area contributed by atoms with Gasteiger partial charge in [-0.1, -0.05) is 24.3 Å². The number of carbonyl (C=O) groups excluding carboxylic acids is 1. The van der Waals surface area contributed by atoms with Gasteiger partial charge in [0, 0.05) is 5.56 Å². The lowest BCUT2D eigenvalue weighted by Crippen LogP contribution is -2.17. The minimum Gasteiger partial charge on any atom is -0.406 e. The van der Waals surface area contributed by atoms with E-state index in [0.29, 0.717) is 28.2 Å². The highest BCUT2D eigenvalue weighted by Gasteiger charge is 2.31. The Morgan fingerprint density at radius 3 is 2.39 bits per heavy atom. The molecule has 0 radical (unpaired) electrons. The van der Waals surface area contributed by atoms with Gasteiger partial charge in [0.2, 0.25) is 0 Å². The lowest BCUT2D eigenvalue weighted by molar-refractivity contribution is -0.274. The van der Waals surface area contributed by atoms with Crippen molar-refractivity contribution < 1.29 is 22.7 Å². The zero-order chi connectivity index (χ0) is 20.3. The number of nitrogens with zero attached hydrogens (tertiary/aromatic N) is 1. The van der Waals surface area contributed by atoms with E-state index in [1.807, 2.05) is 0 Å². The van der Waals surface area contributed by atoms with Crippen LogP contribution in [0.15, 0.2) is 60.8 Å². The maximum absolute atomic E-state index is 12.6. The van der Waals surface area contributed by atoms with Gasteiger partial charge >= 0.3 is 6.36 Å². The monoisotopic (exact) mass is 387 g/mol. The summed E-state index contributed by atoms with van der Waals surface area (Å²) in [5, 5.41) is 2.74. The molecule has 0 spiro atoms. The highest BCUT2D eigenvalue weighted by Crippen LogP contribution is 2.29. The van der Waals surface area contributed by atoms with Gasteiger partial charge in [0.05, 0.1) is 11.9 Å². The van der Waals surface area contributed by atoms with E-state index in [0.717, 1.165) is 5.56 Å². The number of pyridine rings is 1. The van der Waals surface area contributed by atoms with Crippen LogP contribution in [0.2, 0.25) is 0 Å². The average Bonchev–Trinajstić information content (AvgIpc) is 2.63. The third kappa shape index (κ3) is 4.59. The van der Waals surface area contributed by atoms with Crippen molar-refractivity contribution >= 4 is 17.4 Å². The fourth-order valence-electron chi connectivity index (χ4n) is 2.71. The number of benzene rings is 2. The molecule has 0 atom stereocenters. The lowest BCUT2D eigenvalue weighted by Gasteiger charge is -2.13. The largest absolute Gasteiger partial charge is 0.573 e. The number of ether oxygens (including phenoxy) is 1. The molecule has 8 heteroatoms. The predicted octanol–water partition coefficient (Wildman–Crippen LogP) is 4.79. The summed E-state index contributed by atoms with van der Waals surface area (Å²) in [6.45, 7) is 1.77. The number of nitrogen functional groups attached to an aromatic ring is 1. The van der Waals surface area contributed by atoms with Crippen LogP contribution >= 0.6 is 0 Å². The van der Waals surface area contributed by atoms with E-state index in [9.17, 15) is 18.0 Å². The summed E-state index contributed by atoms with van der Waals surface area (Å²) >= 11 is 0. The first-order valence-corrected chi connectivity index (χ1v) is 8.21. The van der Waals surface area contributed by atoms with Crippen molar-refractivity contribution in [3.63, 3.8) is 0 Å². The van der Waals surface area contributed by atoms with E-state index in [1.165, 1.54) is 30.5 Å². The van der Waals surface area contributed by atoms with Crippen molar-refractivity contribution in [2.24, 2.45) is 0 Å². The maximum Gasteiger partial charge on any atom is 0.573 e. The van der Waals surface area contributed by atoms with Gasteiger partial charge in [0.1, 0.15) is 11.6 Å². The van der Waals surface area contributed by atoms with Crippen molar-refractivity contribution in [1.29, 1.82) is 0 Å². The summed E-state index contributed by atoms with van der Waals surface area (Å²) in [5.41, 5.74) is 8.53. The topological polar surface area (TPSA) is 77.2 Å². The Kier molecular flexibility index (Phi) is 5.21. The van der Waals surface area contributed by atoms with Gasteiger partial charge in [-0.15, -0.1) is 13.2 Å². The van der Waals surface area contributed by atoms with Gasteiger partial charge in [-0.2, -0.15) is 0 Å². The molecule has 3 aromatic rings. The number of nitrogens with one attached hydrogen (secondary N) is 1. The molecule has 0 unspecified atom stereocenters. The predicted molar refractivity (Wildman–Crippen MR) is 99.9 cm³/mol. The molecule has 0 aliphatic heterocycles. The van der Waals surface area contributed by atoms with Crippen LogP contribution in [-0.2, 0) is 0 Å². The number of anilines is 2. The molecule has 3 rings (SSSR count). The molecule has 0 aliphatic carbocycles. The Bertz CT molecular complexity index is 985. The van der Waals surface area contributed by atoms with Gasteiger partial charge in [0.15, 0.2) is 0 Å². The maximum atomic E-state index is 12.6. The fourth-order valence-corrected chi connectivity index (χ4v) is 2.71. The number of hydrogen-bond acceptors (Lipinski definition) is 4. The normalized spacial score (nSPS) is 11.1. The molecule has 1 heterocycles. The number of rotatable bonds is 4. The molecule has 2 aromatic carbocycles. The van der Waals surface area contributed by atoms with E-state index in [4.69, 9.17) is 5.73 Å². The third-order valence-electron chi connectivity index (χ3n) is 4.02. The van der Waals surface area contributed by atoms with Crippen molar-refractivity contribution in [3.8, 4) is 16.9 Å². The minimum atomic E-state index is -4.74. The summed E-state index contributed by atoms with van der Waals surface area (Å²) in [5.74, 6) is -0.296. The minimum absolute atomic E-state index is 0.307. The van der Waals surface area contributed by atoms with E-state index in [2.05, 4.69) is 15.0 Å². The van der Waals surface area contributed by atoms with Crippen LogP contribution < -0.4 is 15.8 Å². The van der Waals surface area contributed by atoms with E-state index in [-0.39, 0.29) is 11.7 Å². The second kappa shape index (κ2) is 7.59. The molecular formula is C20H16F3N3O2. The van der Waals surface area contributed by atoms with Gasteiger partial charge in [0.25, 0.3) is 5.91 Å². The van der Waals surface area contributed by atoms with Crippen LogP contribution in [0.3, 0.4) is 0 Å². The van der Waals surface area contributed by atoms with Crippen molar-refractivity contribution in [2.45, 2.75) is 13.3 Å². The number of aromatic nitrogens is 1. The zero-order valence-corrected chi connectivity index (χ0v) is 14.7. The van der Waals surface area contributed by atoms with Gasteiger partial charge < -0.3 is 15.8 Å². The molecule has 3 N–H and O–H groups in total. The van der Waals surface area contributed by atoms with Crippen LogP contribution in [0.5, 0.6) is 5.75 Å². The summed E-state index contributed by atoms with van der Waals surface area (Å²) in [4.78, 5) is 16.5. The first-order valence-electron chi connectivity index (χ1n) is 8.21. The number of hydrogen-bond donors (Lipinski definition) is 2. The first kappa shape index (κ1) is 19.2. The van der Waals surface area contributed by atoms with Crippen LogP contribution in [-0.4, -0.2) is 17.3 Å². The molecule has 28 heavy (non-hydrogen) atoms. The molecule has 5 nitrogen and oxygen atoms in total. The second-order valence-electron chi connectivity index (χ2n) is 5.98. The van der Waals surface area contributed by atoms with E-state index >= 15 is 0 Å². The summed E-state index contributed by atoms with van der Waals surface area (Å²) in [6, 6.07) is 13.9. The number of nitrogens with two attached hydrogens (primary N) is 1. The van der Waals surface area contributed by atoms with Crippen LogP contribution in [0, 0.1) is 6.92 Å². The molecule has 0 bridgehead atoms. The molecule has 1 amide bonds. The number of carbonyl (C=O) groups is 1. The average molecular weight is 387 g/mol. The van der Waals surface area contributed by atoms with Crippen LogP contribution in [0.4, 0.5) is 24.7 Å². The first-order chi connectivity index (χ1) is 13.2. The molecular weight excluding hydrogens is 371 g/mol. The number of halogens is 3. The van der Waals surface area contributed by atoms with Crippen LogP contribution in [0.1, 0.15) is 15.9 Å². The quantitative estimate of drug-likeness (QED) is 0.675. The summed E-state index contributed by atoms with van der Waals surface area (Å²) in [6.07, 6.45) is -3.29. The van der Waals surface area contributed by atoms with Crippen LogP contribution in [0.25, 0.3) is 11.1 Å². The molecule has 1 aromatic heterocycles. The number of alkyl halides is 3. The zero-order valence-electron chi connectivity index (χ0n) is 14.7. The SMILES string of the molecule is Cc1c(C(=O)Nc2ccc(N)nc2)cccc1-c1ccc(OC(F)(F)F)cc1. The molecule has 144 valence electrons. The highest BCUT2D eigenvalue weighted by molar-refractivity contribution is 6.06. The lowest BCUT2D eigenvalue weighted by atomic mass is 9.96. The smallest absolute Gasteiger partial charge is 0.406 e. The van der Waals surface area contributed by atoms with E-state index < -0.39 is 6.36 Å². The Morgan fingerprint density at radius 2 is 1.79 bits per heavy atom. The molecule has 0 saturated heterocycles. The van der Waals surface area contributed by atoms with Crippen molar-refractivity contribution in [2.75, 3.05) is 11.1 Å². The molecule has 0 fully saturated rings. The van der Waals surface area contributed by atoms with E-state index in [1.54, 1.807) is 37.3 Å². The second-order valence-corrected chi connectivity index (χ2v) is 5.98. The Labute approximate surface area is 159 Å². The van der Waals surface area contributed by atoms with Gasteiger partial charge in [-0.25, -0.2) is 4.98 Å². The third-order valence-corrected chi connectivity index (χ3v) is 4.02. The van der Waals surface area contributed by atoms with Crippen molar-refractivity contribution in [3.05, 3.63) is 71.9 Å². The summed E-state index contributed by atoms with van der Waals surface area (Å²) < 4.78 is 40.8. The van der Waals surface area contributed by atoms with Gasteiger partial charge in [-0.05, 0) is 53.9 Å².